The summed E-state index contributed by atoms with van der Waals surface area (Å²) in [5, 5.41) is 13.4. The van der Waals surface area contributed by atoms with Gasteiger partial charge in [-0.3, -0.25) is 28.1 Å². The van der Waals surface area contributed by atoms with Gasteiger partial charge in [0.25, 0.3) is 5.56 Å². The number of anilines is 1. The van der Waals surface area contributed by atoms with E-state index in [2.05, 4.69) is 20.0 Å². The fourth-order valence-electron chi connectivity index (χ4n) is 4.01. The lowest BCUT2D eigenvalue weighted by molar-refractivity contribution is -0.149. The van der Waals surface area contributed by atoms with Crippen LogP contribution in [0.1, 0.15) is 27.0 Å². The van der Waals surface area contributed by atoms with Gasteiger partial charge in [-0.2, -0.15) is 10.1 Å². The number of aliphatic hydroxyl groups is 1. The SMILES string of the molecule is CC(C)OC(=O)[C@H](C)N[P@](=O)(OC[C@H]1O[C@@H](n2cnc3c(=O)[nH]c(N)nc32)[C@H](O)[C@@H]1CF)Oc1ccccc1. The summed E-state index contributed by atoms with van der Waals surface area (Å²) in [7, 11) is -4.26. The van der Waals surface area contributed by atoms with Crippen molar-refractivity contribution in [3.8, 4) is 5.75 Å². The summed E-state index contributed by atoms with van der Waals surface area (Å²) >= 11 is 0. The maximum absolute atomic E-state index is 14.1. The summed E-state index contributed by atoms with van der Waals surface area (Å²) < 4.78 is 51.3. The van der Waals surface area contributed by atoms with Crippen molar-refractivity contribution >= 4 is 30.8 Å². The Morgan fingerprint density at radius 3 is 2.72 bits per heavy atom. The van der Waals surface area contributed by atoms with Crippen molar-refractivity contribution in [1.82, 2.24) is 24.6 Å². The van der Waals surface area contributed by atoms with E-state index in [1.54, 1.807) is 32.0 Å². The van der Waals surface area contributed by atoms with E-state index in [1.807, 2.05) is 0 Å². The van der Waals surface area contributed by atoms with Crippen LogP contribution < -0.4 is 20.9 Å². The molecule has 16 heteroatoms. The molecule has 2 aromatic heterocycles. The van der Waals surface area contributed by atoms with Crippen LogP contribution in [0.5, 0.6) is 5.75 Å². The average molecular weight is 568 g/mol. The zero-order valence-corrected chi connectivity index (χ0v) is 22.3. The van der Waals surface area contributed by atoms with E-state index in [4.69, 9.17) is 24.3 Å². The van der Waals surface area contributed by atoms with Gasteiger partial charge in [-0.1, -0.05) is 18.2 Å². The molecule has 1 aromatic carbocycles. The average Bonchev–Trinajstić information content (AvgIpc) is 3.43. The van der Waals surface area contributed by atoms with Crippen molar-refractivity contribution in [2.24, 2.45) is 5.92 Å². The van der Waals surface area contributed by atoms with Crippen molar-refractivity contribution in [2.75, 3.05) is 19.0 Å². The Morgan fingerprint density at radius 1 is 1.33 bits per heavy atom. The molecule has 5 N–H and O–H groups in total. The quantitative estimate of drug-likeness (QED) is 0.193. The molecule has 0 saturated carbocycles. The molecule has 6 atom stereocenters. The van der Waals surface area contributed by atoms with Crippen molar-refractivity contribution in [2.45, 2.75) is 51.4 Å². The predicted octanol–water partition coefficient (Wildman–Crippen LogP) is 1.68. The summed E-state index contributed by atoms with van der Waals surface area (Å²) in [6.07, 6.45) is -2.93. The first kappa shape index (κ1) is 28.6. The van der Waals surface area contributed by atoms with Gasteiger partial charge in [-0.05, 0) is 32.9 Å². The number of nitrogens with zero attached hydrogens (tertiary/aromatic N) is 3. The Labute approximate surface area is 222 Å². The number of benzene rings is 1. The number of aromatic amines is 1. The second kappa shape index (κ2) is 11.8. The minimum absolute atomic E-state index is 0.0247. The molecule has 1 saturated heterocycles. The smallest absolute Gasteiger partial charge is 0.459 e. The Hall–Kier alpha value is -3.36. The Kier molecular flexibility index (Phi) is 8.67. The minimum atomic E-state index is -4.26. The molecule has 0 amide bonds. The first-order valence-electron chi connectivity index (χ1n) is 12.1. The number of H-pyrrole nitrogens is 1. The van der Waals surface area contributed by atoms with E-state index in [0.29, 0.717) is 0 Å². The number of esters is 1. The number of halogens is 1. The number of nitrogens with one attached hydrogen (secondary N) is 2. The normalized spacial score (nSPS) is 23.5. The summed E-state index contributed by atoms with van der Waals surface area (Å²) in [6, 6.07) is 7.01. The number of imidazole rings is 1. The van der Waals surface area contributed by atoms with E-state index >= 15 is 0 Å². The monoisotopic (exact) mass is 568 g/mol. The molecule has 1 fully saturated rings. The van der Waals surface area contributed by atoms with Crippen molar-refractivity contribution in [3.63, 3.8) is 0 Å². The lowest BCUT2D eigenvalue weighted by Crippen LogP contribution is -2.37. The molecule has 14 nitrogen and oxygen atoms in total. The Bertz CT molecular complexity index is 1400. The van der Waals surface area contributed by atoms with Gasteiger partial charge in [0.05, 0.1) is 31.8 Å². The number of para-hydroxylation sites is 1. The number of nitrogens with two attached hydrogens (primary N) is 1. The molecular formula is C23H30FN6O8P. The van der Waals surface area contributed by atoms with E-state index < -0.39 is 69.1 Å². The molecule has 212 valence electrons. The summed E-state index contributed by atoms with van der Waals surface area (Å²) in [6.45, 7) is 3.26. The molecule has 0 radical (unpaired) electrons. The molecule has 0 bridgehead atoms. The van der Waals surface area contributed by atoms with Gasteiger partial charge in [0.15, 0.2) is 17.4 Å². The van der Waals surface area contributed by atoms with Gasteiger partial charge in [0, 0.05) is 5.92 Å². The maximum Gasteiger partial charge on any atom is 0.459 e. The van der Waals surface area contributed by atoms with Gasteiger partial charge >= 0.3 is 13.7 Å². The highest BCUT2D eigenvalue weighted by atomic mass is 31.2. The second-order valence-corrected chi connectivity index (χ2v) is 10.9. The molecule has 39 heavy (non-hydrogen) atoms. The highest BCUT2D eigenvalue weighted by Crippen LogP contribution is 2.46. The van der Waals surface area contributed by atoms with Crippen LogP contribution in [0.25, 0.3) is 11.2 Å². The number of rotatable bonds is 11. The van der Waals surface area contributed by atoms with E-state index in [9.17, 15) is 23.7 Å². The number of aromatic nitrogens is 4. The van der Waals surface area contributed by atoms with Gasteiger partial charge in [-0.15, -0.1) is 0 Å². The standard InChI is InChI=1S/C23H30FN6O8P/c1-12(2)36-22(33)13(3)29-39(34,38-14-7-5-4-6-8-14)35-10-16-15(9-24)18(31)21(37-16)30-11-26-17-19(30)27-23(25)28-20(17)32/h4-8,11-13,15-16,18,21,31H,9-10H2,1-3H3,(H,29,34)(H3,25,27,28,32)/t13-,15+,16+,18+,21+,39-/m0/s1. The van der Waals surface area contributed by atoms with Crippen LogP contribution in [0.4, 0.5) is 10.3 Å². The van der Waals surface area contributed by atoms with Crippen molar-refractivity contribution < 1.29 is 37.4 Å². The molecule has 1 aliphatic rings. The second-order valence-electron chi connectivity index (χ2n) is 9.18. The number of aliphatic hydroxyl groups excluding tert-OH is 1. The van der Waals surface area contributed by atoms with Crippen LogP contribution in [-0.4, -0.2) is 68.2 Å². The summed E-state index contributed by atoms with van der Waals surface area (Å²) in [5.74, 6) is -1.79. The van der Waals surface area contributed by atoms with Crippen LogP contribution in [0, 0.1) is 5.92 Å². The number of hydrogen-bond acceptors (Lipinski definition) is 11. The zero-order valence-electron chi connectivity index (χ0n) is 21.4. The molecule has 3 aromatic rings. The van der Waals surface area contributed by atoms with E-state index in [0.717, 1.165) is 0 Å². The summed E-state index contributed by atoms with van der Waals surface area (Å²) in [4.78, 5) is 34.8. The van der Waals surface area contributed by atoms with Gasteiger partial charge in [0.1, 0.15) is 17.9 Å². The third-order valence-electron chi connectivity index (χ3n) is 5.86. The van der Waals surface area contributed by atoms with Gasteiger partial charge in [0.2, 0.25) is 5.95 Å². The molecule has 4 rings (SSSR count). The first-order valence-corrected chi connectivity index (χ1v) is 13.6. The number of fused-ring (bicyclic) bond motifs is 1. The maximum atomic E-state index is 14.1. The van der Waals surface area contributed by atoms with Gasteiger partial charge < -0.3 is 24.8 Å². The number of carbonyl (C=O) groups excluding carboxylic acids is 1. The minimum Gasteiger partial charge on any atom is -0.462 e. The van der Waals surface area contributed by atoms with Crippen LogP contribution >= 0.6 is 7.75 Å². The molecular weight excluding hydrogens is 538 g/mol. The topological polar surface area (TPSA) is 193 Å². The third-order valence-corrected chi connectivity index (χ3v) is 7.50. The molecule has 0 spiro atoms. The van der Waals surface area contributed by atoms with Gasteiger partial charge in [-0.25, -0.2) is 9.55 Å². The largest absolute Gasteiger partial charge is 0.462 e. The lowest BCUT2D eigenvalue weighted by atomic mass is 10.0. The van der Waals surface area contributed by atoms with Crippen LogP contribution in [0.3, 0.4) is 0 Å². The third kappa shape index (κ3) is 6.45. The molecule has 0 unspecified atom stereocenters. The zero-order chi connectivity index (χ0) is 28.3. The Balaban J connectivity index is 1.55. The van der Waals surface area contributed by atoms with E-state index in [1.165, 1.54) is 30.0 Å². The van der Waals surface area contributed by atoms with Crippen molar-refractivity contribution in [1.29, 1.82) is 0 Å². The fraction of sp³-hybridized carbons (Fsp3) is 0.478. The first-order chi connectivity index (χ1) is 18.5. The molecule has 3 heterocycles. The Morgan fingerprint density at radius 2 is 2.05 bits per heavy atom. The van der Waals surface area contributed by atoms with Crippen LogP contribution in [0.15, 0.2) is 41.5 Å². The lowest BCUT2D eigenvalue weighted by Gasteiger charge is -2.25. The van der Waals surface area contributed by atoms with E-state index in [-0.39, 0.29) is 22.9 Å². The summed E-state index contributed by atoms with van der Waals surface area (Å²) in [5.41, 5.74) is 5.01. The molecule has 0 aliphatic carbocycles. The van der Waals surface area contributed by atoms with Crippen LogP contribution in [0.2, 0.25) is 0 Å². The molecule has 1 aliphatic heterocycles. The number of hydrogen-bond donors (Lipinski definition) is 4. The van der Waals surface area contributed by atoms with Crippen molar-refractivity contribution in [3.05, 3.63) is 47.0 Å². The number of alkyl halides is 1. The highest BCUT2D eigenvalue weighted by Gasteiger charge is 2.47. The number of nitrogen functional groups attached to an aromatic ring is 1. The predicted molar refractivity (Wildman–Crippen MR) is 136 cm³/mol. The highest BCUT2D eigenvalue weighted by molar-refractivity contribution is 7.52. The number of ether oxygens (including phenoxy) is 2. The van der Waals surface area contributed by atoms with Crippen LogP contribution in [-0.2, 0) is 23.4 Å². The fourth-order valence-corrected chi connectivity index (χ4v) is 5.51. The number of carbonyl (C=O) groups is 1.